The normalized spacial score (nSPS) is 14.8. The number of hydrogen-bond acceptors (Lipinski definition) is 3. The van der Waals surface area contributed by atoms with Gasteiger partial charge in [-0.1, -0.05) is 36.8 Å². The van der Waals surface area contributed by atoms with Crippen molar-refractivity contribution >= 4 is 11.6 Å². The van der Waals surface area contributed by atoms with Gasteiger partial charge < -0.3 is 20.1 Å². The number of rotatable bonds is 6. The Morgan fingerprint density at radius 1 is 1.16 bits per heavy atom. The van der Waals surface area contributed by atoms with Gasteiger partial charge in [-0.05, 0) is 26.0 Å². The molecule has 0 saturated heterocycles. The maximum Gasteiger partial charge on any atom is 0.282 e. The maximum absolute atomic E-state index is 12.5. The van der Waals surface area contributed by atoms with Gasteiger partial charge in [-0.3, -0.25) is 4.79 Å². The van der Waals surface area contributed by atoms with Gasteiger partial charge in [0, 0.05) is 23.7 Å². The van der Waals surface area contributed by atoms with E-state index in [0.717, 1.165) is 12.1 Å². The Labute approximate surface area is 148 Å². The molecule has 1 amide bonds. The molecular weight excluding hydrogens is 316 g/mol. The van der Waals surface area contributed by atoms with E-state index in [1.54, 1.807) is 6.07 Å². The maximum atomic E-state index is 12.5. The van der Waals surface area contributed by atoms with Crippen molar-refractivity contribution in [3.8, 4) is 11.5 Å². The number of fused-ring (bicyclic) bond motifs is 1. The van der Waals surface area contributed by atoms with Crippen LogP contribution in [0.5, 0.6) is 11.5 Å². The van der Waals surface area contributed by atoms with Gasteiger partial charge in [-0.2, -0.15) is 0 Å². The van der Waals surface area contributed by atoms with Gasteiger partial charge in [0.1, 0.15) is 6.04 Å². The fourth-order valence-electron chi connectivity index (χ4n) is 2.96. The summed E-state index contributed by atoms with van der Waals surface area (Å²) in [6.07, 6.45) is 0.963. The number of aryl methyl sites for hydroxylation is 1. The molecule has 2 atom stereocenters. The second-order valence-corrected chi connectivity index (χ2v) is 6.46. The monoisotopic (exact) mass is 341 g/mol. The molecule has 132 valence electrons. The minimum Gasteiger partial charge on any atom is -0.454 e. The molecule has 1 heterocycles. The fourth-order valence-corrected chi connectivity index (χ4v) is 2.96. The van der Waals surface area contributed by atoms with E-state index in [1.807, 2.05) is 19.1 Å². The zero-order chi connectivity index (χ0) is 17.8. The number of carbonyl (C=O) groups excluding carboxylic acids is 1. The molecular formula is C20H25N2O3+. The molecule has 0 aromatic heterocycles. The summed E-state index contributed by atoms with van der Waals surface area (Å²) in [5.41, 5.74) is 3.21. The first kappa shape index (κ1) is 17.3. The third kappa shape index (κ3) is 4.12. The highest BCUT2D eigenvalue weighted by Gasteiger charge is 2.23. The van der Waals surface area contributed by atoms with Crippen LogP contribution >= 0.6 is 0 Å². The molecule has 3 rings (SSSR count). The predicted octanol–water partition coefficient (Wildman–Crippen LogP) is 2.77. The molecule has 5 nitrogen and oxygen atoms in total. The van der Waals surface area contributed by atoms with Crippen LogP contribution in [0.1, 0.15) is 37.4 Å². The summed E-state index contributed by atoms with van der Waals surface area (Å²) in [4.78, 5) is 12.5. The zero-order valence-electron chi connectivity index (χ0n) is 14.9. The Morgan fingerprint density at radius 3 is 2.60 bits per heavy atom. The Morgan fingerprint density at radius 2 is 1.88 bits per heavy atom. The number of ether oxygens (including phenoxy) is 2. The van der Waals surface area contributed by atoms with Crippen molar-refractivity contribution in [3.63, 3.8) is 0 Å². The molecule has 0 saturated carbocycles. The zero-order valence-corrected chi connectivity index (χ0v) is 14.9. The Hall–Kier alpha value is -2.53. The molecule has 2 aromatic carbocycles. The van der Waals surface area contributed by atoms with Gasteiger partial charge in [0.15, 0.2) is 17.5 Å². The number of benzene rings is 2. The van der Waals surface area contributed by atoms with Crippen LogP contribution < -0.4 is 20.1 Å². The summed E-state index contributed by atoms with van der Waals surface area (Å²) in [7, 11) is 0. The smallest absolute Gasteiger partial charge is 0.282 e. The number of amides is 1. The minimum absolute atomic E-state index is 0.0237. The molecule has 2 aromatic rings. The van der Waals surface area contributed by atoms with E-state index in [9.17, 15) is 4.79 Å². The van der Waals surface area contributed by atoms with Gasteiger partial charge in [0.25, 0.3) is 5.91 Å². The van der Waals surface area contributed by atoms with Crippen molar-refractivity contribution < 1.29 is 19.6 Å². The quantitative estimate of drug-likeness (QED) is 0.849. The summed E-state index contributed by atoms with van der Waals surface area (Å²) in [5.74, 6) is 1.35. The standard InChI is InChI=1S/C20H24N2O3/c1-4-17(15-7-5-13(2)6-8-15)21-14(3)20(23)22-16-9-10-18-19(11-16)25-12-24-18/h5-11,14,17,21H,4,12H2,1-3H3,(H,22,23)/p+1/t14-,17-/m0/s1. The van der Waals surface area contributed by atoms with Gasteiger partial charge in [-0.25, -0.2) is 0 Å². The van der Waals surface area contributed by atoms with Gasteiger partial charge in [0.05, 0.1) is 0 Å². The second-order valence-electron chi connectivity index (χ2n) is 6.46. The first-order valence-corrected chi connectivity index (χ1v) is 8.69. The first-order valence-electron chi connectivity index (χ1n) is 8.69. The molecule has 0 fully saturated rings. The van der Waals surface area contributed by atoms with E-state index in [4.69, 9.17) is 9.47 Å². The van der Waals surface area contributed by atoms with E-state index >= 15 is 0 Å². The predicted molar refractivity (Wildman–Crippen MR) is 96.8 cm³/mol. The summed E-state index contributed by atoms with van der Waals surface area (Å²) in [6, 6.07) is 14.0. The molecule has 0 radical (unpaired) electrons. The molecule has 0 spiro atoms. The van der Waals surface area contributed by atoms with E-state index in [2.05, 4.69) is 48.7 Å². The highest BCUT2D eigenvalue weighted by Crippen LogP contribution is 2.34. The molecule has 3 N–H and O–H groups in total. The summed E-state index contributed by atoms with van der Waals surface area (Å²) in [5, 5.41) is 5.07. The summed E-state index contributed by atoms with van der Waals surface area (Å²) >= 11 is 0. The number of quaternary nitrogens is 1. The molecule has 5 heteroatoms. The number of carbonyl (C=O) groups is 1. The molecule has 1 aliphatic heterocycles. The summed E-state index contributed by atoms with van der Waals surface area (Å²) in [6.45, 7) is 6.38. The van der Waals surface area contributed by atoms with Crippen molar-refractivity contribution in [1.82, 2.24) is 0 Å². The first-order chi connectivity index (χ1) is 12.1. The van der Waals surface area contributed by atoms with Gasteiger partial charge in [0.2, 0.25) is 6.79 Å². The lowest BCUT2D eigenvalue weighted by Crippen LogP contribution is -2.92. The topological polar surface area (TPSA) is 64.2 Å². The van der Waals surface area contributed by atoms with E-state index in [1.165, 1.54) is 11.1 Å². The number of nitrogens with two attached hydrogens (primary N) is 1. The largest absolute Gasteiger partial charge is 0.454 e. The lowest BCUT2D eigenvalue weighted by Gasteiger charge is -2.19. The average molecular weight is 341 g/mol. The van der Waals surface area contributed by atoms with E-state index < -0.39 is 0 Å². The molecule has 0 unspecified atom stereocenters. The number of nitrogens with one attached hydrogen (secondary N) is 1. The van der Waals surface area contributed by atoms with Crippen LogP contribution in [0.4, 0.5) is 5.69 Å². The molecule has 0 aliphatic carbocycles. The lowest BCUT2D eigenvalue weighted by atomic mass is 10.0. The Bertz CT molecular complexity index is 743. The van der Waals surface area contributed by atoms with E-state index in [0.29, 0.717) is 11.5 Å². The number of anilines is 1. The fraction of sp³-hybridized carbons (Fsp3) is 0.350. The third-order valence-electron chi connectivity index (χ3n) is 4.52. The van der Waals surface area contributed by atoms with Crippen molar-refractivity contribution in [2.75, 3.05) is 12.1 Å². The van der Waals surface area contributed by atoms with Crippen LogP contribution in [0.25, 0.3) is 0 Å². The van der Waals surface area contributed by atoms with Crippen LogP contribution in [0.2, 0.25) is 0 Å². The van der Waals surface area contributed by atoms with Crippen molar-refractivity contribution in [1.29, 1.82) is 0 Å². The van der Waals surface area contributed by atoms with Crippen LogP contribution in [0.15, 0.2) is 42.5 Å². The minimum atomic E-state index is -0.198. The van der Waals surface area contributed by atoms with E-state index in [-0.39, 0.29) is 24.8 Å². The number of hydrogen-bond donors (Lipinski definition) is 2. The average Bonchev–Trinajstić information content (AvgIpc) is 3.08. The third-order valence-corrected chi connectivity index (χ3v) is 4.52. The highest BCUT2D eigenvalue weighted by atomic mass is 16.7. The molecule has 25 heavy (non-hydrogen) atoms. The lowest BCUT2D eigenvalue weighted by molar-refractivity contribution is -0.713. The van der Waals surface area contributed by atoms with Crippen molar-refractivity contribution in [3.05, 3.63) is 53.6 Å². The molecule has 0 bridgehead atoms. The van der Waals surface area contributed by atoms with Gasteiger partial charge >= 0.3 is 0 Å². The highest BCUT2D eigenvalue weighted by molar-refractivity contribution is 5.93. The van der Waals surface area contributed by atoms with Crippen molar-refractivity contribution in [2.45, 2.75) is 39.3 Å². The van der Waals surface area contributed by atoms with Gasteiger partial charge in [-0.15, -0.1) is 0 Å². The Balaban J connectivity index is 1.62. The molecule has 1 aliphatic rings. The summed E-state index contributed by atoms with van der Waals surface area (Å²) < 4.78 is 10.6. The SMILES string of the molecule is CC[C@H]([NH2+][C@@H](C)C(=O)Nc1ccc2c(c1)OCO2)c1ccc(C)cc1. The second kappa shape index (κ2) is 7.57. The van der Waals surface area contributed by atoms with Crippen LogP contribution in [-0.2, 0) is 4.79 Å². The van der Waals surface area contributed by atoms with Crippen LogP contribution in [-0.4, -0.2) is 18.7 Å². The van der Waals surface area contributed by atoms with Crippen molar-refractivity contribution in [2.24, 2.45) is 0 Å². The van der Waals surface area contributed by atoms with Crippen LogP contribution in [0, 0.1) is 6.92 Å². The Kier molecular flexibility index (Phi) is 5.24. The van der Waals surface area contributed by atoms with Crippen LogP contribution in [0.3, 0.4) is 0 Å².